The first-order valence-electron chi connectivity index (χ1n) is 5.47. The van der Waals surface area contributed by atoms with Gasteiger partial charge in [0, 0.05) is 6.42 Å². The van der Waals surface area contributed by atoms with E-state index in [0.29, 0.717) is 6.54 Å². The third-order valence-electron chi connectivity index (χ3n) is 2.97. The van der Waals surface area contributed by atoms with E-state index in [1.807, 2.05) is 0 Å². The molecular weight excluding hydrogens is 231 g/mol. The van der Waals surface area contributed by atoms with E-state index in [9.17, 15) is 18.0 Å². The van der Waals surface area contributed by atoms with Gasteiger partial charge in [-0.2, -0.15) is 0 Å². The summed E-state index contributed by atoms with van der Waals surface area (Å²) in [5.41, 5.74) is -0.365. The predicted molar refractivity (Wildman–Crippen MR) is 56.2 cm³/mol. The molecule has 0 aromatic heterocycles. The van der Waals surface area contributed by atoms with Crippen molar-refractivity contribution in [3.8, 4) is 0 Å². The van der Waals surface area contributed by atoms with Crippen LogP contribution >= 0.6 is 0 Å². The van der Waals surface area contributed by atoms with Crippen LogP contribution in [0.2, 0.25) is 0 Å². The zero-order valence-electron chi connectivity index (χ0n) is 9.10. The summed E-state index contributed by atoms with van der Waals surface area (Å²) in [5.74, 6) is -4.58. The molecule has 0 spiro atoms. The molecule has 1 aliphatic heterocycles. The molecule has 0 aliphatic carbocycles. The SMILES string of the molecule is O=C(CC1CCNC1)c1ccc(F)c(F)c1F. The molecule has 1 atom stereocenters. The minimum absolute atomic E-state index is 0.148. The summed E-state index contributed by atoms with van der Waals surface area (Å²) in [5, 5.41) is 3.08. The molecule has 1 heterocycles. The van der Waals surface area contributed by atoms with Crippen molar-refractivity contribution in [2.24, 2.45) is 5.92 Å². The van der Waals surface area contributed by atoms with E-state index in [2.05, 4.69) is 5.32 Å². The summed E-state index contributed by atoms with van der Waals surface area (Å²) in [7, 11) is 0. The van der Waals surface area contributed by atoms with Crippen molar-refractivity contribution in [1.29, 1.82) is 0 Å². The fraction of sp³-hybridized carbons (Fsp3) is 0.417. The molecular formula is C12H12F3NO. The highest BCUT2D eigenvalue weighted by Gasteiger charge is 2.23. The molecule has 1 aromatic rings. The van der Waals surface area contributed by atoms with E-state index < -0.39 is 23.2 Å². The maximum Gasteiger partial charge on any atom is 0.195 e. The number of benzene rings is 1. The highest BCUT2D eigenvalue weighted by molar-refractivity contribution is 5.96. The molecule has 1 aromatic carbocycles. The Hall–Kier alpha value is -1.36. The average Bonchev–Trinajstić information content (AvgIpc) is 2.78. The van der Waals surface area contributed by atoms with E-state index in [-0.39, 0.29) is 17.9 Å². The second-order valence-corrected chi connectivity index (χ2v) is 4.21. The van der Waals surface area contributed by atoms with Crippen molar-refractivity contribution in [2.45, 2.75) is 12.8 Å². The largest absolute Gasteiger partial charge is 0.316 e. The van der Waals surface area contributed by atoms with Gasteiger partial charge in [-0.1, -0.05) is 0 Å². The van der Waals surface area contributed by atoms with Crippen LogP contribution in [0.3, 0.4) is 0 Å². The van der Waals surface area contributed by atoms with Crippen LogP contribution in [0, 0.1) is 23.4 Å². The monoisotopic (exact) mass is 243 g/mol. The normalized spacial score (nSPS) is 19.6. The first kappa shape index (κ1) is 12.1. The molecule has 1 unspecified atom stereocenters. The third kappa shape index (κ3) is 2.49. The number of hydrogen-bond donors (Lipinski definition) is 1. The standard InChI is InChI=1S/C12H12F3NO/c13-9-2-1-8(11(14)12(9)15)10(17)5-7-3-4-16-6-7/h1-2,7,16H,3-6H2. The highest BCUT2D eigenvalue weighted by atomic mass is 19.2. The van der Waals surface area contributed by atoms with Gasteiger partial charge < -0.3 is 5.32 Å². The lowest BCUT2D eigenvalue weighted by Crippen LogP contribution is -2.14. The van der Waals surface area contributed by atoms with Gasteiger partial charge in [-0.25, -0.2) is 13.2 Å². The van der Waals surface area contributed by atoms with Gasteiger partial charge in [0.25, 0.3) is 0 Å². The van der Waals surface area contributed by atoms with E-state index in [1.165, 1.54) is 0 Å². The number of ketones is 1. The molecule has 5 heteroatoms. The minimum Gasteiger partial charge on any atom is -0.316 e. The maximum absolute atomic E-state index is 13.3. The Kier molecular flexibility index (Phi) is 3.47. The fourth-order valence-corrected chi connectivity index (χ4v) is 2.00. The van der Waals surface area contributed by atoms with Crippen molar-refractivity contribution < 1.29 is 18.0 Å². The summed E-state index contributed by atoms with van der Waals surface area (Å²) < 4.78 is 39.0. The number of hydrogen-bond acceptors (Lipinski definition) is 2. The Balaban J connectivity index is 2.16. The first-order valence-corrected chi connectivity index (χ1v) is 5.47. The summed E-state index contributed by atoms with van der Waals surface area (Å²) in [6.07, 6.45) is 1.01. The Bertz CT molecular complexity index is 442. The molecule has 1 fully saturated rings. The molecule has 1 N–H and O–H groups in total. The van der Waals surface area contributed by atoms with E-state index in [4.69, 9.17) is 0 Å². The molecule has 17 heavy (non-hydrogen) atoms. The molecule has 0 amide bonds. The second-order valence-electron chi connectivity index (χ2n) is 4.21. The average molecular weight is 243 g/mol. The Morgan fingerprint density at radius 2 is 2.06 bits per heavy atom. The van der Waals surface area contributed by atoms with Crippen molar-refractivity contribution in [2.75, 3.05) is 13.1 Å². The number of halogens is 3. The number of carbonyl (C=O) groups excluding carboxylic acids is 1. The smallest absolute Gasteiger partial charge is 0.195 e. The van der Waals surface area contributed by atoms with Gasteiger partial charge in [-0.15, -0.1) is 0 Å². The zero-order chi connectivity index (χ0) is 12.4. The Morgan fingerprint density at radius 1 is 1.29 bits per heavy atom. The van der Waals surface area contributed by atoms with Gasteiger partial charge in [0.05, 0.1) is 5.56 Å². The van der Waals surface area contributed by atoms with Gasteiger partial charge in [0.15, 0.2) is 23.2 Å². The molecule has 0 bridgehead atoms. The van der Waals surface area contributed by atoms with Gasteiger partial charge in [0.1, 0.15) is 0 Å². The molecule has 2 nitrogen and oxygen atoms in total. The summed E-state index contributed by atoms with van der Waals surface area (Å²) >= 11 is 0. The Morgan fingerprint density at radius 3 is 2.71 bits per heavy atom. The van der Waals surface area contributed by atoms with Crippen molar-refractivity contribution in [3.05, 3.63) is 35.1 Å². The van der Waals surface area contributed by atoms with Crippen LogP contribution in [-0.4, -0.2) is 18.9 Å². The van der Waals surface area contributed by atoms with Crippen LogP contribution in [-0.2, 0) is 0 Å². The van der Waals surface area contributed by atoms with E-state index in [0.717, 1.165) is 25.1 Å². The maximum atomic E-state index is 13.3. The lowest BCUT2D eigenvalue weighted by molar-refractivity contribution is 0.0959. The first-order chi connectivity index (χ1) is 8.09. The van der Waals surface area contributed by atoms with Crippen LogP contribution in [0.5, 0.6) is 0 Å². The van der Waals surface area contributed by atoms with Crippen LogP contribution in [0.15, 0.2) is 12.1 Å². The molecule has 0 saturated carbocycles. The second kappa shape index (κ2) is 4.87. The molecule has 2 rings (SSSR count). The number of nitrogens with one attached hydrogen (secondary N) is 1. The van der Waals surface area contributed by atoms with Gasteiger partial charge in [-0.05, 0) is 37.6 Å². The third-order valence-corrected chi connectivity index (χ3v) is 2.97. The fourth-order valence-electron chi connectivity index (χ4n) is 2.00. The lowest BCUT2D eigenvalue weighted by atomic mass is 9.97. The van der Waals surface area contributed by atoms with E-state index in [1.54, 1.807) is 0 Å². The summed E-state index contributed by atoms with van der Waals surface area (Å²) in [4.78, 5) is 11.7. The zero-order valence-corrected chi connectivity index (χ0v) is 9.10. The van der Waals surface area contributed by atoms with Crippen LogP contribution in [0.1, 0.15) is 23.2 Å². The quantitative estimate of drug-likeness (QED) is 0.652. The van der Waals surface area contributed by atoms with Crippen LogP contribution in [0.25, 0.3) is 0 Å². The highest BCUT2D eigenvalue weighted by Crippen LogP contribution is 2.20. The van der Waals surface area contributed by atoms with Crippen molar-refractivity contribution in [1.82, 2.24) is 5.32 Å². The number of carbonyl (C=O) groups is 1. The minimum atomic E-state index is -1.58. The van der Waals surface area contributed by atoms with Crippen LogP contribution < -0.4 is 5.32 Å². The predicted octanol–water partition coefficient (Wildman–Crippen LogP) is 2.29. The van der Waals surface area contributed by atoms with Crippen LogP contribution in [0.4, 0.5) is 13.2 Å². The van der Waals surface area contributed by atoms with Gasteiger partial charge in [0.2, 0.25) is 0 Å². The topological polar surface area (TPSA) is 29.1 Å². The van der Waals surface area contributed by atoms with Crippen molar-refractivity contribution >= 4 is 5.78 Å². The molecule has 1 aliphatic rings. The number of rotatable bonds is 3. The van der Waals surface area contributed by atoms with E-state index >= 15 is 0 Å². The lowest BCUT2D eigenvalue weighted by Gasteiger charge is -2.08. The van der Waals surface area contributed by atoms with Gasteiger partial charge >= 0.3 is 0 Å². The summed E-state index contributed by atoms with van der Waals surface area (Å²) in [6, 6.07) is 1.77. The van der Waals surface area contributed by atoms with Crippen molar-refractivity contribution in [3.63, 3.8) is 0 Å². The summed E-state index contributed by atoms with van der Waals surface area (Å²) in [6.45, 7) is 1.54. The molecule has 1 saturated heterocycles. The van der Waals surface area contributed by atoms with Gasteiger partial charge in [-0.3, -0.25) is 4.79 Å². The molecule has 0 radical (unpaired) electrons. The number of Topliss-reactive ketones (excluding diaryl/α,β-unsaturated/α-hetero) is 1. The Labute approximate surface area is 96.8 Å². The molecule has 92 valence electrons.